The number of carbonyl (C=O) groups is 1. The Morgan fingerprint density at radius 2 is 2.29 bits per heavy atom. The summed E-state index contributed by atoms with van der Waals surface area (Å²) in [7, 11) is 0. The first-order valence-corrected chi connectivity index (χ1v) is 7.74. The van der Waals surface area contributed by atoms with Gasteiger partial charge in [-0.2, -0.15) is 5.26 Å². The number of piperazine rings is 1. The van der Waals surface area contributed by atoms with Crippen LogP contribution >= 0.6 is 0 Å². The summed E-state index contributed by atoms with van der Waals surface area (Å²) < 4.78 is 5.17. The third kappa shape index (κ3) is 3.54. The first-order valence-electron chi connectivity index (χ1n) is 7.74. The predicted molar refractivity (Wildman–Crippen MR) is 79.4 cm³/mol. The van der Waals surface area contributed by atoms with Crippen LogP contribution in [0.25, 0.3) is 0 Å². The van der Waals surface area contributed by atoms with Crippen molar-refractivity contribution in [3.63, 3.8) is 0 Å². The van der Waals surface area contributed by atoms with E-state index in [2.05, 4.69) is 21.2 Å². The molecule has 2 unspecified atom stereocenters. The largest absolute Gasteiger partial charge is 0.466 e. The van der Waals surface area contributed by atoms with Gasteiger partial charge in [-0.15, -0.1) is 0 Å². The van der Waals surface area contributed by atoms with E-state index in [1.54, 1.807) is 0 Å². The van der Waals surface area contributed by atoms with E-state index in [1.165, 1.54) is 0 Å². The van der Waals surface area contributed by atoms with Crippen molar-refractivity contribution in [1.82, 2.24) is 15.1 Å². The lowest BCUT2D eigenvalue weighted by molar-refractivity contribution is -0.154. The van der Waals surface area contributed by atoms with Gasteiger partial charge < -0.3 is 10.1 Å². The minimum Gasteiger partial charge on any atom is -0.466 e. The van der Waals surface area contributed by atoms with Crippen LogP contribution in [0.15, 0.2) is 0 Å². The molecular weight excluding hydrogens is 268 g/mol. The highest BCUT2D eigenvalue weighted by Crippen LogP contribution is 2.29. The maximum absolute atomic E-state index is 12.1. The lowest BCUT2D eigenvalue weighted by Crippen LogP contribution is -2.52. The molecule has 0 aromatic heterocycles. The molecule has 0 amide bonds. The molecule has 0 aromatic carbocycles. The molecule has 0 saturated carbocycles. The van der Waals surface area contributed by atoms with E-state index in [4.69, 9.17) is 10.00 Å². The molecule has 2 heterocycles. The van der Waals surface area contributed by atoms with Crippen LogP contribution in [-0.4, -0.2) is 67.3 Å². The van der Waals surface area contributed by atoms with Gasteiger partial charge >= 0.3 is 5.97 Å². The van der Waals surface area contributed by atoms with Gasteiger partial charge in [-0.25, -0.2) is 0 Å². The van der Waals surface area contributed by atoms with Crippen molar-refractivity contribution < 1.29 is 9.53 Å². The average Bonchev–Trinajstić information content (AvgIpc) is 2.77. The van der Waals surface area contributed by atoms with E-state index in [1.807, 2.05) is 20.8 Å². The van der Waals surface area contributed by atoms with Gasteiger partial charge in [0.05, 0.1) is 30.7 Å². The Labute approximate surface area is 127 Å². The summed E-state index contributed by atoms with van der Waals surface area (Å²) in [6.45, 7) is 10.5. The summed E-state index contributed by atoms with van der Waals surface area (Å²) in [6, 6.07) is 2.73. The zero-order chi connectivity index (χ0) is 15.5. The third-order valence-electron chi connectivity index (χ3n) is 4.35. The number of fused-ring (bicyclic) bond motifs is 1. The SMILES string of the molecule is CCOC(=O)C(C)(C)CN1CC2CNCCN2C1CC#N. The van der Waals surface area contributed by atoms with Crippen molar-refractivity contribution in [1.29, 1.82) is 5.26 Å². The summed E-state index contributed by atoms with van der Waals surface area (Å²) in [6.07, 6.45) is 0.603. The minimum atomic E-state index is -0.550. The van der Waals surface area contributed by atoms with Crippen LogP contribution in [0.4, 0.5) is 0 Å². The molecule has 0 aromatic rings. The van der Waals surface area contributed by atoms with E-state index in [-0.39, 0.29) is 12.1 Å². The van der Waals surface area contributed by atoms with Gasteiger partial charge in [-0.1, -0.05) is 0 Å². The Hall–Kier alpha value is -1.16. The average molecular weight is 294 g/mol. The van der Waals surface area contributed by atoms with E-state index in [0.29, 0.717) is 25.6 Å². The van der Waals surface area contributed by atoms with Crippen LogP contribution in [0.5, 0.6) is 0 Å². The Bertz CT molecular complexity index is 418. The van der Waals surface area contributed by atoms with Gasteiger partial charge in [0.1, 0.15) is 0 Å². The fourth-order valence-corrected chi connectivity index (χ4v) is 3.34. The Morgan fingerprint density at radius 3 is 2.95 bits per heavy atom. The Kier molecular flexibility index (Phi) is 5.20. The number of nitriles is 1. The monoisotopic (exact) mass is 294 g/mol. The highest BCUT2D eigenvalue weighted by molar-refractivity contribution is 5.76. The summed E-state index contributed by atoms with van der Waals surface area (Å²) in [5.74, 6) is -0.163. The third-order valence-corrected chi connectivity index (χ3v) is 4.35. The highest BCUT2D eigenvalue weighted by atomic mass is 16.5. The van der Waals surface area contributed by atoms with Crippen molar-refractivity contribution in [2.24, 2.45) is 5.41 Å². The smallest absolute Gasteiger partial charge is 0.312 e. The molecule has 2 aliphatic heterocycles. The number of rotatable bonds is 5. The molecule has 2 saturated heterocycles. The zero-order valence-electron chi connectivity index (χ0n) is 13.3. The van der Waals surface area contributed by atoms with Crippen molar-refractivity contribution in [3.05, 3.63) is 0 Å². The quantitative estimate of drug-likeness (QED) is 0.741. The summed E-state index contributed by atoms with van der Waals surface area (Å²) >= 11 is 0. The maximum Gasteiger partial charge on any atom is 0.312 e. The molecule has 0 bridgehead atoms. The second-order valence-corrected chi connectivity index (χ2v) is 6.47. The zero-order valence-corrected chi connectivity index (χ0v) is 13.3. The van der Waals surface area contributed by atoms with Crippen molar-refractivity contribution in [2.45, 2.75) is 39.4 Å². The molecule has 2 aliphatic rings. The molecule has 6 nitrogen and oxygen atoms in total. The van der Waals surface area contributed by atoms with Gasteiger partial charge in [0, 0.05) is 38.8 Å². The highest BCUT2D eigenvalue weighted by Gasteiger charge is 2.43. The van der Waals surface area contributed by atoms with Crippen LogP contribution in [0, 0.1) is 16.7 Å². The first-order chi connectivity index (χ1) is 9.99. The van der Waals surface area contributed by atoms with Crippen LogP contribution in [-0.2, 0) is 9.53 Å². The fraction of sp³-hybridized carbons (Fsp3) is 0.867. The molecular formula is C15H26N4O2. The van der Waals surface area contributed by atoms with E-state index >= 15 is 0 Å². The van der Waals surface area contributed by atoms with Crippen molar-refractivity contribution >= 4 is 5.97 Å². The summed E-state index contributed by atoms with van der Waals surface area (Å²) in [5.41, 5.74) is -0.550. The van der Waals surface area contributed by atoms with Gasteiger partial charge in [0.2, 0.25) is 0 Å². The van der Waals surface area contributed by atoms with Crippen LogP contribution in [0.3, 0.4) is 0 Å². The lowest BCUT2D eigenvalue weighted by atomic mass is 9.92. The molecule has 1 N–H and O–H groups in total. The molecule has 21 heavy (non-hydrogen) atoms. The number of carbonyl (C=O) groups excluding carboxylic acids is 1. The lowest BCUT2D eigenvalue weighted by Gasteiger charge is -2.35. The number of hydrogen-bond donors (Lipinski definition) is 1. The molecule has 6 heteroatoms. The van der Waals surface area contributed by atoms with Gasteiger partial charge in [-0.3, -0.25) is 14.6 Å². The topological polar surface area (TPSA) is 68.6 Å². The van der Waals surface area contributed by atoms with Gasteiger partial charge in [0.25, 0.3) is 0 Å². The summed E-state index contributed by atoms with van der Waals surface area (Å²) in [5, 5.41) is 12.5. The molecule has 2 fully saturated rings. The molecule has 0 spiro atoms. The molecule has 118 valence electrons. The second-order valence-electron chi connectivity index (χ2n) is 6.47. The van der Waals surface area contributed by atoms with E-state index in [0.717, 1.165) is 26.2 Å². The number of nitrogens with one attached hydrogen (secondary N) is 1. The van der Waals surface area contributed by atoms with Crippen LogP contribution in [0.1, 0.15) is 27.2 Å². The predicted octanol–water partition coefficient (Wildman–Crippen LogP) is 0.405. The standard InChI is InChI=1S/C15H26N4O2/c1-4-21-14(20)15(2,3)11-18-10-12-9-17-7-8-19(12)13(18)5-6-16/h12-13,17H,4-5,7-11H2,1-3H3. The Balaban J connectivity index is 2.07. The van der Waals surface area contributed by atoms with E-state index < -0.39 is 5.41 Å². The fourth-order valence-electron chi connectivity index (χ4n) is 3.34. The molecule has 2 rings (SSSR count). The molecule has 0 aliphatic carbocycles. The summed E-state index contributed by atoms with van der Waals surface area (Å²) in [4.78, 5) is 16.8. The normalized spacial score (nSPS) is 27.1. The number of esters is 1. The van der Waals surface area contributed by atoms with Gasteiger partial charge in [-0.05, 0) is 20.8 Å². The molecule has 2 atom stereocenters. The number of hydrogen-bond acceptors (Lipinski definition) is 6. The maximum atomic E-state index is 12.1. The molecule has 0 radical (unpaired) electrons. The minimum absolute atomic E-state index is 0.121. The van der Waals surface area contributed by atoms with Crippen molar-refractivity contribution in [2.75, 3.05) is 39.3 Å². The number of nitrogens with zero attached hydrogens (tertiary/aromatic N) is 3. The van der Waals surface area contributed by atoms with E-state index in [9.17, 15) is 4.79 Å². The first kappa shape index (κ1) is 16.2. The van der Waals surface area contributed by atoms with Crippen molar-refractivity contribution in [3.8, 4) is 6.07 Å². The Morgan fingerprint density at radius 1 is 1.52 bits per heavy atom. The second kappa shape index (κ2) is 6.73. The number of ether oxygens (including phenoxy) is 1. The van der Waals surface area contributed by atoms with Gasteiger partial charge in [0.15, 0.2) is 0 Å². The van der Waals surface area contributed by atoms with Crippen LogP contribution < -0.4 is 5.32 Å². The van der Waals surface area contributed by atoms with Crippen LogP contribution in [0.2, 0.25) is 0 Å².